The van der Waals surface area contributed by atoms with Crippen LogP contribution in [0.15, 0.2) is 77.4 Å². The summed E-state index contributed by atoms with van der Waals surface area (Å²) in [4.78, 5) is 15.0. The van der Waals surface area contributed by atoms with E-state index in [0.29, 0.717) is 17.6 Å². The standard InChI is InChI=1S/C25H30BrN3O3Si/c1-25(2,3)33(21-12-6-4-7-13-21,22-14-8-5-9-15-22)32-17-11-10-16-27-24-23(29(30)31)18-20(26)19-28-24/h4-9,12-15,18-19H,10-11,16-17H2,1-3H3,(H,27,28). The highest BCUT2D eigenvalue weighted by atomic mass is 79.9. The molecule has 1 aromatic heterocycles. The minimum atomic E-state index is -2.53. The quantitative estimate of drug-likeness (QED) is 0.162. The van der Waals surface area contributed by atoms with Crippen molar-refractivity contribution in [3.05, 3.63) is 87.5 Å². The summed E-state index contributed by atoms with van der Waals surface area (Å²) < 4.78 is 7.46. The van der Waals surface area contributed by atoms with Gasteiger partial charge in [-0.15, -0.1) is 0 Å². The van der Waals surface area contributed by atoms with Gasteiger partial charge in [0.25, 0.3) is 8.32 Å². The summed E-state index contributed by atoms with van der Waals surface area (Å²) in [7, 11) is -2.53. The molecule has 0 bridgehead atoms. The van der Waals surface area contributed by atoms with Gasteiger partial charge >= 0.3 is 5.69 Å². The second-order valence-electron chi connectivity index (χ2n) is 8.92. The average Bonchev–Trinajstić information content (AvgIpc) is 2.79. The van der Waals surface area contributed by atoms with Crippen LogP contribution in [0.25, 0.3) is 0 Å². The van der Waals surface area contributed by atoms with Crippen molar-refractivity contribution in [2.45, 2.75) is 38.7 Å². The molecule has 0 atom stereocenters. The van der Waals surface area contributed by atoms with E-state index in [1.807, 2.05) is 12.1 Å². The molecule has 0 aliphatic heterocycles. The third-order valence-electron chi connectivity index (χ3n) is 5.63. The van der Waals surface area contributed by atoms with Gasteiger partial charge in [-0.3, -0.25) is 10.1 Å². The van der Waals surface area contributed by atoms with Crippen molar-refractivity contribution in [2.75, 3.05) is 18.5 Å². The summed E-state index contributed by atoms with van der Waals surface area (Å²) in [6.45, 7) is 7.99. The molecule has 0 spiro atoms. The van der Waals surface area contributed by atoms with E-state index < -0.39 is 13.2 Å². The maximum Gasteiger partial charge on any atom is 0.312 e. The first-order valence-corrected chi connectivity index (χ1v) is 13.7. The maximum atomic E-state index is 11.3. The number of anilines is 1. The van der Waals surface area contributed by atoms with Gasteiger partial charge in [0, 0.05) is 29.9 Å². The second kappa shape index (κ2) is 11.0. The van der Waals surface area contributed by atoms with Crippen LogP contribution in [0, 0.1) is 10.1 Å². The third-order valence-corrected chi connectivity index (χ3v) is 11.1. The lowest BCUT2D eigenvalue weighted by molar-refractivity contribution is -0.384. The van der Waals surface area contributed by atoms with E-state index >= 15 is 0 Å². The van der Waals surface area contributed by atoms with Gasteiger partial charge < -0.3 is 9.74 Å². The van der Waals surface area contributed by atoms with Gasteiger partial charge in [-0.05, 0) is 44.2 Å². The number of aromatic nitrogens is 1. The zero-order valence-corrected chi connectivity index (χ0v) is 21.8. The Morgan fingerprint density at radius 1 is 1.03 bits per heavy atom. The molecule has 3 aromatic rings. The van der Waals surface area contributed by atoms with Crippen molar-refractivity contribution in [3.8, 4) is 0 Å². The first-order valence-electron chi connectivity index (χ1n) is 11.0. The molecule has 33 heavy (non-hydrogen) atoms. The topological polar surface area (TPSA) is 77.3 Å². The Labute approximate surface area is 204 Å². The number of unbranched alkanes of at least 4 members (excludes halogenated alkanes) is 1. The molecule has 1 N–H and O–H groups in total. The minimum absolute atomic E-state index is 0.0343. The molecule has 0 aliphatic rings. The number of pyridine rings is 1. The number of benzene rings is 2. The average molecular weight is 529 g/mol. The van der Waals surface area contributed by atoms with Crippen molar-refractivity contribution in [3.63, 3.8) is 0 Å². The van der Waals surface area contributed by atoms with Crippen molar-refractivity contribution in [1.82, 2.24) is 4.98 Å². The monoisotopic (exact) mass is 527 g/mol. The molecule has 1 heterocycles. The molecule has 0 unspecified atom stereocenters. The second-order valence-corrected chi connectivity index (χ2v) is 14.1. The van der Waals surface area contributed by atoms with Crippen molar-refractivity contribution < 1.29 is 9.35 Å². The van der Waals surface area contributed by atoms with Crippen LogP contribution in [0.5, 0.6) is 0 Å². The van der Waals surface area contributed by atoms with Gasteiger partial charge in [0.05, 0.1) is 4.92 Å². The van der Waals surface area contributed by atoms with Crippen LogP contribution in [0.1, 0.15) is 33.6 Å². The van der Waals surface area contributed by atoms with E-state index in [0.717, 1.165) is 12.8 Å². The van der Waals surface area contributed by atoms with Crippen LogP contribution < -0.4 is 15.7 Å². The van der Waals surface area contributed by atoms with Gasteiger partial charge in [-0.25, -0.2) is 4.98 Å². The van der Waals surface area contributed by atoms with Crippen LogP contribution in [0.2, 0.25) is 5.04 Å². The lowest BCUT2D eigenvalue weighted by Crippen LogP contribution is -2.66. The van der Waals surface area contributed by atoms with E-state index in [-0.39, 0.29) is 16.5 Å². The molecule has 0 aliphatic carbocycles. The molecule has 0 saturated heterocycles. The summed E-state index contributed by atoms with van der Waals surface area (Å²) >= 11 is 3.23. The molecule has 0 saturated carbocycles. The number of hydrogen-bond donors (Lipinski definition) is 1. The van der Waals surface area contributed by atoms with E-state index in [9.17, 15) is 10.1 Å². The predicted molar refractivity (Wildman–Crippen MR) is 140 cm³/mol. The first-order chi connectivity index (χ1) is 15.8. The van der Waals surface area contributed by atoms with E-state index in [2.05, 4.69) is 95.5 Å². The fraction of sp³-hybridized carbons (Fsp3) is 0.320. The molecule has 6 nitrogen and oxygen atoms in total. The van der Waals surface area contributed by atoms with Gasteiger partial charge in [0.15, 0.2) is 0 Å². The van der Waals surface area contributed by atoms with Crippen molar-refractivity contribution >= 4 is 46.1 Å². The highest BCUT2D eigenvalue weighted by Crippen LogP contribution is 2.36. The van der Waals surface area contributed by atoms with Crippen molar-refractivity contribution in [2.24, 2.45) is 0 Å². The Morgan fingerprint density at radius 2 is 1.61 bits per heavy atom. The highest BCUT2D eigenvalue weighted by Gasteiger charge is 2.49. The smallest absolute Gasteiger partial charge is 0.312 e. The normalized spacial score (nSPS) is 11.9. The van der Waals surface area contributed by atoms with E-state index in [1.165, 1.54) is 16.4 Å². The van der Waals surface area contributed by atoms with Gasteiger partial charge in [0.1, 0.15) is 0 Å². The predicted octanol–water partition coefficient (Wildman–Crippen LogP) is 5.52. The molecule has 0 fully saturated rings. The van der Waals surface area contributed by atoms with E-state index in [1.54, 1.807) is 6.20 Å². The fourth-order valence-electron chi connectivity index (χ4n) is 4.12. The molecule has 2 aromatic carbocycles. The Bertz CT molecular complexity index is 1020. The fourth-order valence-corrected chi connectivity index (χ4v) is 9.05. The lowest BCUT2D eigenvalue weighted by atomic mass is 10.2. The molecule has 3 rings (SSSR count). The molecule has 0 amide bonds. The largest absolute Gasteiger partial charge is 0.407 e. The maximum absolute atomic E-state index is 11.3. The third kappa shape index (κ3) is 5.88. The van der Waals surface area contributed by atoms with Crippen LogP contribution in [0.3, 0.4) is 0 Å². The Kier molecular flexibility index (Phi) is 8.39. The number of nitro groups is 1. The number of halogens is 1. The van der Waals surface area contributed by atoms with E-state index in [4.69, 9.17) is 4.43 Å². The number of nitrogens with zero attached hydrogens (tertiary/aromatic N) is 2. The van der Waals surface area contributed by atoms with Gasteiger partial charge in [0.2, 0.25) is 5.82 Å². The number of rotatable bonds is 10. The Morgan fingerprint density at radius 3 is 2.12 bits per heavy atom. The van der Waals surface area contributed by atoms with Crippen molar-refractivity contribution in [1.29, 1.82) is 0 Å². The van der Waals surface area contributed by atoms with Crippen LogP contribution in [-0.2, 0) is 4.43 Å². The Hall–Kier alpha value is -2.55. The Balaban J connectivity index is 1.70. The van der Waals surface area contributed by atoms with Crippen LogP contribution in [0.4, 0.5) is 11.5 Å². The summed E-state index contributed by atoms with van der Waals surface area (Å²) in [5.74, 6) is 0.288. The summed E-state index contributed by atoms with van der Waals surface area (Å²) in [6, 6.07) is 22.6. The van der Waals surface area contributed by atoms with Gasteiger partial charge in [-0.1, -0.05) is 81.4 Å². The molecule has 174 valence electrons. The van der Waals surface area contributed by atoms with Crippen LogP contribution >= 0.6 is 15.9 Å². The van der Waals surface area contributed by atoms with Crippen LogP contribution in [-0.4, -0.2) is 31.4 Å². The minimum Gasteiger partial charge on any atom is -0.407 e. The molecular formula is C25H30BrN3O3Si. The number of nitrogens with one attached hydrogen (secondary N) is 1. The summed E-state index contributed by atoms with van der Waals surface area (Å²) in [6.07, 6.45) is 3.20. The zero-order valence-electron chi connectivity index (χ0n) is 19.3. The summed E-state index contributed by atoms with van der Waals surface area (Å²) in [5, 5.41) is 16.8. The lowest BCUT2D eigenvalue weighted by Gasteiger charge is -2.43. The summed E-state index contributed by atoms with van der Waals surface area (Å²) in [5.41, 5.74) is -0.0343. The zero-order chi connectivity index (χ0) is 23.9. The SMILES string of the molecule is CC(C)(C)[Si](OCCCCNc1ncc(Br)cc1[N+](=O)[O-])(c1ccccc1)c1ccccc1. The molecular weight excluding hydrogens is 498 g/mol. The van der Waals surface area contributed by atoms with Gasteiger partial charge in [-0.2, -0.15) is 0 Å². The molecule has 0 radical (unpaired) electrons. The number of hydrogen-bond acceptors (Lipinski definition) is 5. The first kappa shape index (κ1) is 25.1. The highest BCUT2D eigenvalue weighted by molar-refractivity contribution is 9.10. The molecule has 8 heteroatoms.